The molecule has 4 bridgehead atoms. The van der Waals surface area contributed by atoms with E-state index in [1.54, 1.807) is 0 Å². The lowest BCUT2D eigenvalue weighted by Crippen LogP contribution is -2.46. The predicted octanol–water partition coefficient (Wildman–Crippen LogP) is 1.65. The second-order valence-electron chi connectivity index (χ2n) is 5.81. The molecule has 0 radical (unpaired) electrons. The lowest BCUT2D eigenvalue weighted by atomic mass is 10.0. The van der Waals surface area contributed by atoms with Crippen LogP contribution in [-0.2, 0) is 4.74 Å². The van der Waals surface area contributed by atoms with E-state index in [0.717, 1.165) is 30.5 Å². The average molecular weight is 193 g/mol. The van der Waals surface area contributed by atoms with E-state index in [4.69, 9.17) is 4.74 Å². The molecule has 0 aromatic carbocycles. The quantitative estimate of drug-likeness (QED) is 0.628. The summed E-state index contributed by atoms with van der Waals surface area (Å²) in [5, 5.41) is 0. The molecule has 78 valence electrons. The molecule has 2 heterocycles. The van der Waals surface area contributed by atoms with Crippen LogP contribution in [0.5, 0.6) is 0 Å². The highest BCUT2D eigenvalue weighted by molar-refractivity contribution is 5.02. The standard InChI is InChI=1S/C12H19NO/c1-2-10-3-8(1)6-13(10)11-4-9-5-12(11)14-7-9/h8-12H,1-7H2. The topological polar surface area (TPSA) is 12.5 Å². The van der Waals surface area contributed by atoms with E-state index in [2.05, 4.69) is 4.90 Å². The minimum atomic E-state index is 0.611. The Bertz CT molecular complexity index is 229. The molecule has 2 nitrogen and oxygen atoms in total. The minimum Gasteiger partial charge on any atom is -0.376 e. The fraction of sp³-hybridized carbons (Fsp3) is 1.00. The van der Waals surface area contributed by atoms with Crippen molar-refractivity contribution in [1.29, 1.82) is 0 Å². The summed E-state index contributed by atoms with van der Waals surface area (Å²) in [5.74, 6) is 1.95. The second kappa shape index (κ2) is 2.73. The molecular weight excluding hydrogens is 174 g/mol. The predicted molar refractivity (Wildman–Crippen MR) is 54.1 cm³/mol. The fourth-order valence-electron chi connectivity index (χ4n) is 4.37. The highest BCUT2D eigenvalue weighted by Gasteiger charge is 2.49. The molecule has 0 aromatic rings. The molecule has 4 fully saturated rings. The van der Waals surface area contributed by atoms with Gasteiger partial charge in [0, 0.05) is 25.2 Å². The first kappa shape index (κ1) is 8.12. The minimum absolute atomic E-state index is 0.611. The van der Waals surface area contributed by atoms with E-state index in [9.17, 15) is 0 Å². The first-order valence-electron chi connectivity index (χ1n) is 6.27. The van der Waals surface area contributed by atoms with Crippen molar-refractivity contribution in [2.75, 3.05) is 13.2 Å². The summed E-state index contributed by atoms with van der Waals surface area (Å²) < 4.78 is 5.84. The summed E-state index contributed by atoms with van der Waals surface area (Å²) in [6.45, 7) is 2.45. The molecule has 0 N–H and O–H groups in total. The molecular formula is C12H19NO. The van der Waals surface area contributed by atoms with Gasteiger partial charge in [-0.1, -0.05) is 0 Å². The van der Waals surface area contributed by atoms with Gasteiger partial charge in [-0.25, -0.2) is 0 Å². The molecule has 5 atom stereocenters. The third-order valence-corrected chi connectivity index (χ3v) is 4.99. The molecule has 5 unspecified atom stereocenters. The van der Waals surface area contributed by atoms with Gasteiger partial charge in [0.15, 0.2) is 0 Å². The molecule has 2 saturated carbocycles. The lowest BCUT2D eigenvalue weighted by Gasteiger charge is -2.37. The van der Waals surface area contributed by atoms with Gasteiger partial charge >= 0.3 is 0 Å². The van der Waals surface area contributed by atoms with Crippen LogP contribution in [0.2, 0.25) is 0 Å². The van der Waals surface area contributed by atoms with E-state index in [1.807, 2.05) is 0 Å². The number of piperidine rings is 1. The first-order chi connectivity index (χ1) is 6.90. The molecule has 2 saturated heterocycles. The maximum atomic E-state index is 5.84. The molecule has 2 aliphatic heterocycles. The van der Waals surface area contributed by atoms with Gasteiger partial charge in [-0.05, 0) is 43.9 Å². The highest BCUT2D eigenvalue weighted by atomic mass is 16.5. The molecule has 14 heavy (non-hydrogen) atoms. The first-order valence-corrected chi connectivity index (χ1v) is 6.27. The number of fused-ring (bicyclic) bond motifs is 4. The van der Waals surface area contributed by atoms with E-state index < -0.39 is 0 Å². The molecule has 4 rings (SSSR count). The van der Waals surface area contributed by atoms with Gasteiger partial charge in [0.2, 0.25) is 0 Å². The van der Waals surface area contributed by atoms with E-state index in [1.165, 1.54) is 38.6 Å². The van der Waals surface area contributed by atoms with Gasteiger partial charge in [-0.2, -0.15) is 0 Å². The molecule has 2 aliphatic carbocycles. The number of hydrogen-bond acceptors (Lipinski definition) is 2. The molecule has 0 aromatic heterocycles. The van der Waals surface area contributed by atoms with Gasteiger partial charge in [-0.15, -0.1) is 0 Å². The van der Waals surface area contributed by atoms with Crippen molar-refractivity contribution in [3.8, 4) is 0 Å². The zero-order valence-electron chi connectivity index (χ0n) is 8.69. The maximum Gasteiger partial charge on any atom is 0.0734 e. The van der Waals surface area contributed by atoms with Crippen molar-refractivity contribution < 1.29 is 4.74 Å². The molecule has 2 heteroatoms. The van der Waals surface area contributed by atoms with Crippen LogP contribution in [0.15, 0.2) is 0 Å². The Balaban J connectivity index is 1.54. The van der Waals surface area contributed by atoms with Crippen molar-refractivity contribution in [3.05, 3.63) is 0 Å². The van der Waals surface area contributed by atoms with Gasteiger partial charge in [0.05, 0.1) is 6.10 Å². The molecule has 4 aliphatic rings. The highest BCUT2D eigenvalue weighted by Crippen LogP contribution is 2.45. The van der Waals surface area contributed by atoms with Crippen LogP contribution in [0.4, 0.5) is 0 Å². The summed E-state index contributed by atoms with van der Waals surface area (Å²) in [7, 11) is 0. The fourth-order valence-corrected chi connectivity index (χ4v) is 4.37. The number of hydrogen-bond donors (Lipinski definition) is 0. The number of rotatable bonds is 1. The monoisotopic (exact) mass is 193 g/mol. The van der Waals surface area contributed by atoms with Crippen LogP contribution >= 0.6 is 0 Å². The zero-order chi connectivity index (χ0) is 9.12. The zero-order valence-corrected chi connectivity index (χ0v) is 8.69. The Hall–Kier alpha value is -0.0800. The summed E-state index contributed by atoms with van der Waals surface area (Å²) in [5.41, 5.74) is 0. The molecule has 0 amide bonds. The van der Waals surface area contributed by atoms with Gasteiger partial charge in [-0.3, -0.25) is 4.90 Å². The van der Waals surface area contributed by atoms with Crippen molar-refractivity contribution in [2.24, 2.45) is 11.8 Å². The Morgan fingerprint density at radius 1 is 1.00 bits per heavy atom. The number of nitrogens with zero attached hydrogens (tertiary/aromatic N) is 1. The summed E-state index contributed by atoms with van der Waals surface area (Å²) in [6, 6.07) is 1.75. The average Bonchev–Trinajstić information content (AvgIpc) is 2.96. The third-order valence-electron chi connectivity index (χ3n) is 4.99. The molecule has 0 spiro atoms. The van der Waals surface area contributed by atoms with Crippen LogP contribution in [0, 0.1) is 11.8 Å². The number of ether oxygens (including phenoxy) is 1. The van der Waals surface area contributed by atoms with Crippen LogP contribution in [-0.4, -0.2) is 36.2 Å². The van der Waals surface area contributed by atoms with Crippen molar-refractivity contribution >= 4 is 0 Å². The smallest absolute Gasteiger partial charge is 0.0734 e. The van der Waals surface area contributed by atoms with Crippen molar-refractivity contribution in [3.63, 3.8) is 0 Å². The van der Waals surface area contributed by atoms with Crippen LogP contribution in [0.1, 0.15) is 32.1 Å². The Morgan fingerprint density at radius 3 is 2.57 bits per heavy atom. The summed E-state index contributed by atoms with van der Waals surface area (Å²) in [4.78, 5) is 2.80. The van der Waals surface area contributed by atoms with Crippen LogP contribution in [0.25, 0.3) is 0 Å². The van der Waals surface area contributed by atoms with E-state index in [0.29, 0.717) is 6.10 Å². The van der Waals surface area contributed by atoms with Crippen LogP contribution < -0.4 is 0 Å². The van der Waals surface area contributed by atoms with Gasteiger partial charge in [0.25, 0.3) is 0 Å². The lowest BCUT2D eigenvalue weighted by molar-refractivity contribution is -0.0107. The Labute approximate surface area is 85.6 Å². The maximum absolute atomic E-state index is 5.84. The Kier molecular flexibility index (Phi) is 1.58. The number of likely N-dealkylation sites (tertiary alicyclic amines) is 1. The summed E-state index contributed by atoms with van der Waals surface area (Å²) >= 11 is 0. The van der Waals surface area contributed by atoms with Gasteiger partial charge in [0.1, 0.15) is 0 Å². The van der Waals surface area contributed by atoms with E-state index in [-0.39, 0.29) is 0 Å². The van der Waals surface area contributed by atoms with Crippen LogP contribution in [0.3, 0.4) is 0 Å². The summed E-state index contributed by atoms with van der Waals surface area (Å²) in [6.07, 6.45) is 7.88. The largest absolute Gasteiger partial charge is 0.376 e. The van der Waals surface area contributed by atoms with Crippen molar-refractivity contribution in [1.82, 2.24) is 4.90 Å². The van der Waals surface area contributed by atoms with E-state index >= 15 is 0 Å². The SMILES string of the molecule is C1CC2CC1CN2C1CC2COC1C2. The van der Waals surface area contributed by atoms with Gasteiger partial charge < -0.3 is 4.74 Å². The third kappa shape index (κ3) is 0.989. The second-order valence-corrected chi connectivity index (χ2v) is 5.81. The Morgan fingerprint density at radius 2 is 2.00 bits per heavy atom. The normalized spacial score (nSPS) is 56.1. The van der Waals surface area contributed by atoms with Crippen molar-refractivity contribution in [2.45, 2.75) is 50.3 Å².